The molecule has 0 bridgehead atoms. The van der Waals surface area contributed by atoms with Crippen LogP contribution < -0.4 is 14.4 Å². The van der Waals surface area contributed by atoms with E-state index in [-0.39, 0.29) is 28.4 Å². The number of amides is 1. The van der Waals surface area contributed by atoms with Crippen LogP contribution in [0.4, 0.5) is 9.52 Å². The van der Waals surface area contributed by atoms with Crippen LogP contribution in [-0.2, 0) is 21.8 Å². The number of benzene rings is 3. The normalized spacial score (nSPS) is 19.2. The Morgan fingerprint density at radius 3 is 2.79 bits per heavy atom. The molecule has 0 radical (unpaired) electrons. The molecule has 1 N–H and O–H groups in total. The van der Waals surface area contributed by atoms with Gasteiger partial charge in [0, 0.05) is 17.7 Å². The number of aliphatic hydroxyl groups excluding tert-OH is 1. The number of ketones is 1. The smallest absolute Gasteiger partial charge is 0.301 e. The molecule has 8 nitrogen and oxygen atoms in total. The van der Waals surface area contributed by atoms with E-state index < -0.39 is 17.7 Å². The van der Waals surface area contributed by atoms with E-state index in [1.807, 2.05) is 13.8 Å². The molecule has 1 amide bonds. The van der Waals surface area contributed by atoms with Gasteiger partial charge in [0.2, 0.25) is 5.13 Å². The third-order valence-corrected chi connectivity index (χ3v) is 9.11. The van der Waals surface area contributed by atoms with Crippen molar-refractivity contribution in [1.82, 2.24) is 10.2 Å². The van der Waals surface area contributed by atoms with Crippen molar-refractivity contribution < 1.29 is 28.6 Å². The molecule has 0 spiro atoms. The van der Waals surface area contributed by atoms with Gasteiger partial charge in [-0.25, -0.2) is 4.39 Å². The van der Waals surface area contributed by atoms with E-state index >= 15 is 0 Å². The Labute approximate surface area is 249 Å². The van der Waals surface area contributed by atoms with Crippen molar-refractivity contribution in [3.05, 3.63) is 100 Å². The Kier molecular flexibility index (Phi) is 7.70. The van der Waals surface area contributed by atoms with Gasteiger partial charge in [0.05, 0.1) is 18.2 Å². The van der Waals surface area contributed by atoms with Crippen molar-refractivity contribution in [1.29, 1.82) is 0 Å². The Bertz CT molecular complexity index is 1720. The summed E-state index contributed by atoms with van der Waals surface area (Å²) in [6.45, 7) is 4.25. The van der Waals surface area contributed by atoms with E-state index in [0.717, 1.165) is 22.6 Å². The molecular formula is C31H26FN3O5S2. The maximum absolute atomic E-state index is 14.1. The van der Waals surface area contributed by atoms with Crippen LogP contribution in [0.15, 0.2) is 76.6 Å². The molecule has 0 aliphatic carbocycles. The lowest BCUT2D eigenvalue weighted by Gasteiger charge is -2.23. The minimum Gasteiger partial charge on any atom is -0.507 e. The second kappa shape index (κ2) is 11.6. The van der Waals surface area contributed by atoms with Crippen LogP contribution in [0.25, 0.3) is 5.76 Å². The Hall–Kier alpha value is -4.22. The monoisotopic (exact) mass is 603 g/mol. The zero-order valence-corrected chi connectivity index (χ0v) is 24.4. The molecule has 2 aliphatic rings. The molecule has 2 aliphatic heterocycles. The van der Waals surface area contributed by atoms with E-state index in [2.05, 4.69) is 10.2 Å². The second-order valence-electron chi connectivity index (χ2n) is 9.86. The van der Waals surface area contributed by atoms with Crippen LogP contribution in [-0.4, -0.2) is 39.7 Å². The number of Topliss-reactive ketones (excluding diaryl/α,β-unsaturated/α-hetero) is 1. The highest BCUT2D eigenvalue weighted by molar-refractivity contribution is 8.00. The molecule has 1 fully saturated rings. The van der Waals surface area contributed by atoms with Crippen molar-refractivity contribution in [3.8, 4) is 11.5 Å². The van der Waals surface area contributed by atoms with Gasteiger partial charge in [-0.3, -0.25) is 14.5 Å². The summed E-state index contributed by atoms with van der Waals surface area (Å²) >= 11 is 2.40. The van der Waals surface area contributed by atoms with Crippen LogP contribution in [0.3, 0.4) is 0 Å². The number of halogens is 1. The summed E-state index contributed by atoms with van der Waals surface area (Å²) in [5, 5.41) is 20.2. The predicted octanol–water partition coefficient (Wildman–Crippen LogP) is 6.32. The van der Waals surface area contributed by atoms with Gasteiger partial charge < -0.3 is 14.6 Å². The van der Waals surface area contributed by atoms with Crippen molar-refractivity contribution in [2.75, 3.05) is 11.5 Å². The second-order valence-corrected chi connectivity index (χ2v) is 12.0. The van der Waals surface area contributed by atoms with E-state index in [0.29, 0.717) is 45.6 Å². The molecule has 1 saturated heterocycles. The van der Waals surface area contributed by atoms with Gasteiger partial charge in [-0.15, -0.1) is 10.2 Å². The van der Waals surface area contributed by atoms with Gasteiger partial charge in [-0.2, -0.15) is 0 Å². The SMILES string of the molecule is CCOc1cccc(C2/C(=C(/O)c3ccc4c(c3)CC(C)O4)C(=O)C(=O)N2c2nnc(SCc3ccccc3F)s2)c1. The highest BCUT2D eigenvalue weighted by atomic mass is 32.2. The summed E-state index contributed by atoms with van der Waals surface area (Å²) in [5.74, 6) is -0.660. The average molecular weight is 604 g/mol. The summed E-state index contributed by atoms with van der Waals surface area (Å²) in [7, 11) is 0. The number of anilines is 1. The molecule has 6 rings (SSSR count). The number of carbonyl (C=O) groups excluding carboxylic acids is 2. The Morgan fingerprint density at radius 2 is 1.98 bits per heavy atom. The number of aromatic nitrogens is 2. The highest BCUT2D eigenvalue weighted by Crippen LogP contribution is 2.45. The maximum atomic E-state index is 14.1. The number of rotatable bonds is 8. The minimum absolute atomic E-state index is 0.00661. The first-order chi connectivity index (χ1) is 20.3. The molecule has 2 atom stereocenters. The van der Waals surface area contributed by atoms with Crippen LogP contribution in [0.2, 0.25) is 0 Å². The van der Waals surface area contributed by atoms with E-state index in [1.165, 1.54) is 22.7 Å². The standard InChI is InChI=1S/C31H26FN3O5S2/c1-3-39-22-9-6-8-18(15-22)26-25(27(36)19-11-12-24-21(14-19)13-17(2)40-24)28(37)29(38)35(26)30-33-34-31(42-30)41-16-20-7-4-5-10-23(20)32/h4-12,14-15,17,26,36H,3,13,16H2,1-2H3/b27-25-. The average Bonchev–Trinajstić information content (AvgIpc) is 3.67. The van der Waals surface area contributed by atoms with Gasteiger partial charge >= 0.3 is 5.91 Å². The molecular weight excluding hydrogens is 577 g/mol. The van der Waals surface area contributed by atoms with Crippen molar-refractivity contribution >= 4 is 45.7 Å². The first-order valence-corrected chi connectivity index (χ1v) is 15.2. The van der Waals surface area contributed by atoms with Crippen LogP contribution in [0.5, 0.6) is 11.5 Å². The summed E-state index contributed by atoms with van der Waals surface area (Å²) in [5.41, 5.74) is 2.35. The topological polar surface area (TPSA) is 102 Å². The number of fused-ring (bicyclic) bond motifs is 1. The zero-order valence-electron chi connectivity index (χ0n) is 22.7. The van der Waals surface area contributed by atoms with Gasteiger partial charge in [0.15, 0.2) is 4.34 Å². The third kappa shape index (κ3) is 5.25. The van der Waals surface area contributed by atoms with Gasteiger partial charge in [0.25, 0.3) is 5.78 Å². The number of ether oxygens (including phenoxy) is 2. The quantitative estimate of drug-likeness (QED) is 0.0821. The first kappa shape index (κ1) is 27.9. The number of carbonyl (C=O) groups is 2. The molecule has 2 unspecified atom stereocenters. The summed E-state index contributed by atoms with van der Waals surface area (Å²) in [6.07, 6.45) is 0.676. The predicted molar refractivity (Wildman–Crippen MR) is 158 cm³/mol. The van der Waals surface area contributed by atoms with E-state index in [4.69, 9.17) is 9.47 Å². The lowest BCUT2D eigenvalue weighted by Crippen LogP contribution is -2.29. The summed E-state index contributed by atoms with van der Waals surface area (Å²) < 4.78 is 26.1. The van der Waals surface area contributed by atoms with Gasteiger partial charge in [-0.05, 0) is 66.9 Å². The van der Waals surface area contributed by atoms with Crippen LogP contribution in [0, 0.1) is 5.82 Å². The van der Waals surface area contributed by atoms with Crippen molar-refractivity contribution in [3.63, 3.8) is 0 Å². The fourth-order valence-corrected chi connectivity index (χ4v) is 6.98. The van der Waals surface area contributed by atoms with Crippen molar-refractivity contribution in [2.24, 2.45) is 0 Å². The summed E-state index contributed by atoms with van der Waals surface area (Å²) in [6, 6.07) is 17.8. The summed E-state index contributed by atoms with van der Waals surface area (Å²) in [4.78, 5) is 28.4. The van der Waals surface area contributed by atoms with Gasteiger partial charge in [0.1, 0.15) is 29.2 Å². The Balaban J connectivity index is 1.40. The lowest BCUT2D eigenvalue weighted by molar-refractivity contribution is -0.132. The number of nitrogens with zero attached hydrogens (tertiary/aromatic N) is 3. The highest BCUT2D eigenvalue weighted by Gasteiger charge is 2.48. The Morgan fingerprint density at radius 1 is 1.14 bits per heavy atom. The lowest BCUT2D eigenvalue weighted by atomic mass is 9.94. The van der Waals surface area contributed by atoms with Crippen molar-refractivity contribution in [2.45, 2.75) is 42.5 Å². The fraction of sp³-hybridized carbons (Fsp3) is 0.226. The maximum Gasteiger partial charge on any atom is 0.301 e. The molecule has 4 aromatic rings. The van der Waals surface area contributed by atoms with Crippen LogP contribution in [0.1, 0.15) is 42.1 Å². The number of hydrogen-bond donors (Lipinski definition) is 1. The zero-order chi connectivity index (χ0) is 29.4. The molecule has 42 heavy (non-hydrogen) atoms. The number of thioether (sulfide) groups is 1. The molecule has 1 aromatic heterocycles. The molecule has 214 valence electrons. The fourth-order valence-electron chi connectivity index (χ4n) is 5.12. The minimum atomic E-state index is -0.980. The first-order valence-electron chi connectivity index (χ1n) is 13.4. The van der Waals surface area contributed by atoms with E-state index in [9.17, 15) is 19.1 Å². The molecule has 3 heterocycles. The molecule has 0 saturated carbocycles. The molecule has 3 aromatic carbocycles. The number of hydrogen-bond acceptors (Lipinski definition) is 9. The third-order valence-electron chi connectivity index (χ3n) is 7.01. The molecule has 11 heteroatoms. The van der Waals surface area contributed by atoms with E-state index in [1.54, 1.807) is 60.7 Å². The van der Waals surface area contributed by atoms with Crippen LogP contribution >= 0.6 is 23.1 Å². The van der Waals surface area contributed by atoms with Gasteiger partial charge in [-0.1, -0.05) is 53.4 Å². The number of aliphatic hydroxyl groups is 1. The largest absolute Gasteiger partial charge is 0.507 e.